The molecule has 1 atom stereocenters. The van der Waals surface area contributed by atoms with Gasteiger partial charge in [0, 0.05) is 30.8 Å². The quantitative estimate of drug-likeness (QED) is 0.823. The second kappa shape index (κ2) is 7.79. The van der Waals surface area contributed by atoms with Crippen molar-refractivity contribution in [3.8, 4) is 5.75 Å². The first-order valence-electron chi connectivity index (χ1n) is 7.59. The SMILES string of the molecule is COc1cccc2c1CC1CN(C)CC1=C2.O=C(O)/C=C/C(=O)O. The Kier molecular flexibility index (Phi) is 5.76. The van der Waals surface area contributed by atoms with Crippen molar-refractivity contribution in [1.82, 2.24) is 4.90 Å². The van der Waals surface area contributed by atoms with Gasteiger partial charge in [-0.05, 0) is 31.0 Å². The number of rotatable bonds is 3. The zero-order valence-corrected chi connectivity index (χ0v) is 13.7. The van der Waals surface area contributed by atoms with Gasteiger partial charge in [0.25, 0.3) is 0 Å². The van der Waals surface area contributed by atoms with Gasteiger partial charge in [-0.15, -0.1) is 0 Å². The van der Waals surface area contributed by atoms with Crippen LogP contribution in [0.15, 0.2) is 35.9 Å². The third-order valence-corrected chi connectivity index (χ3v) is 4.06. The van der Waals surface area contributed by atoms with E-state index in [1.165, 1.54) is 17.7 Å². The van der Waals surface area contributed by atoms with Gasteiger partial charge in [0.1, 0.15) is 5.75 Å². The van der Waals surface area contributed by atoms with Crippen molar-refractivity contribution in [3.63, 3.8) is 0 Å². The summed E-state index contributed by atoms with van der Waals surface area (Å²) < 4.78 is 5.45. The van der Waals surface area contributed by atoms with Gasteiger partial charge in [-0.1, -0.05) is 23.8 Å². The molecule has 1 aliphatic carbocycles. The van der Waals surface area contributed by atoms with Crippen LogP contribution in [0.2, 0.25) is 0 Å². The molecule has 0 bridgehead atoms. The monoisotopic (exact) mass is 331 g/mol. The van der Waals surface area contributed by atoms with Crippen molar-refractivity contribution < 1.29 is 24.5 Å². The molecule has 128 valence electrons. The summed E-state index contributed by atoms with van der Waals surface area (Å²) in [5.41, 5.74) is 4.32. The first kappa shape index (κ1) is 17.7. The number of ether oxygens (including phenoxy) is 1. The number of benzene rings is 1. The van der Waals surface area contributed by atoms with Crippen LogP contribution in [0.5, 0.6) is 5.75 Å². The molecule has 0 amide bonds. The summed E-state index contributed by atoms with van der Waals surface area (Å²) in [6, 6.07) is 6.34. The van der Waals surface area contributed by atoms with Crippen LogP contribution < -0.4 is 4.74 Å². The number of likely N-dealkylation sites (tertiary alicyclic amines) is 1. The van der Waals surface area contributed by atoms with Crippen molar-refractivity contribution >= 4 is 18.0 Å². The topological polar surface area (TPSA) is 87.1 Å². The van der Waals surface area contributed by atoms with Gasteiger partial charge in [-0.2, -0.15) is 0 Å². The minimum Gasteiger partial charge on any atom is -0.496 e. The molecule has 2 N–H and O–H groups in total. The molecule has 1 aromatic rings. The second-order valence-corrected chi connectivity index (χ2v) is 5.85. The standard InChI is InChI=1S/C14H17NO.C4H4O4/c1-15-8-11-6-10-4-3-5-14(16-2)13(10)7-12(11)9-15;5-3(6)1-2-4(7)8/h3-6,12H,7-9H2,1-2H3;1-2H,(H,5,6)(H,7,8)/b;2-1+. The normalized spacial score (nSPS) is 18.9. The third-order valence-electron chi connectivity index (χ3n) is 4.06. The van der Waals surface area contributed by atoms with E-state index in [0.29, 0.717) is 18.1 Å². The van der Waals surface area contributed by atoms with Crippen molar-refractivity contribution in [1.29, 1.82) is 0 Å². The van der Waals surface area contributed by atoms with E-state index in [2.05, 4.69) is 36.2 Å². The van der Waals surface area contributed by atoms with Gasteiger partial charge >= 0.3 is 11.9 Å². The fourth-order valence-corrected chi connectivity index (χ4v) is 3.07. The highest BCUT2D eigenvalue weighted by Gasteiger charge is 2.29. The van der Waals surface area contributed by atoms with Crippen molar-refractivity contribution in [2.24, 2.45) is 5.92 Å². The molecule has 1 aliphatic heterocycles. The summed E-state index contributed by atoms with van der Waals surface area (Å²) in [5.74, 6) is -0.768. The van der Waals surface area contributed by atoms with Gasteiger partial charge in [-0.3, -0.25) is 0 Å². The highest BCUT2D eigenvalue weighted by molar-refractivity contribution is 5.89. The summed E-state index contributed by atoms with van der Waals surface area (Å²) in [4.78, 5) is 21.5. The molecule has 0 saturated carbocycles. The maximum absolute atomic E-state index is 9.55. The fraction of sp³-hybridized carbons (Fsp3) is 0.333. The smallest absolute Gasteiger partial charge is 0.328 e. The lowest BCUT2D eigenvalue weighted by atomic mass is 9.85. The minimum absolute atomic E-state index is 0.558. The molecule has 0 aromatic heterocycles. The van der Waals surface area contributed by atoms with Crippen LogP contribution in [-0.2, 0) is 16.0 Å². The van der Waals surface area contributed by atoms with Gasteiger partial charge in [-0.25, -0.2) is 9.59 Å². The number of nitrogens with zero attached hydrogens (tertiary/aromatic N) is 1. The van der Waals surface area contributed by atoms with Crippen LogP contribution >= 0.6 is 0 Å². The molecule has 0 radical (unpaired) electrons. The number of fused-ring (bicyclic) bond motifs is 2. The first-order chi connectivity index (χ1) is 11.4. The lowest BCUT2D eigenvalue weighted by Gasteiger charge is -2.21. The van der Waals surface area contributed by atoms with E-state index < -0.39 is 11.9 Å². The van der Waals surface area contributed by atoms with E-state index in [0.717, 1.165) is 18.7 Å². The Balaban J connectivity index is 0.000000224. The Labute approximate surface area is 140 Å². The molecular weight excluding hydrogens is 310 g/mol. The number of aliphatic carboxylic acids is 2. The summed E-state index contributed by atoms with van der Waals surface area (Å²) in [5, 5.41) is 15.6. The number of methoxy groups -OCH3 is 1. The molecule has 1 heterocycles. The predicted octanol–water partition coefficient (Wildman–Crippen LogP) is 1.91. The maximum atomic E-state index is 9.55. The van der Waals surface area contributed by atoms with Crippen molar-refractivity contribution in [2.75, 3.05) is 27.2 Å². The van der Waals surface area contributed by atoms with Crippen LogP contribution in [0, 0.1) is 5.92 Å². The Morgan fingerprint density at radius 1 is 1.25 bits per heavy atom. The Morgan fingerprint density at radius 2 is 1.92 bits per heavy atom. The lowest BCUT2D eigenvalue weighted by Crippen LogP contribution is -2.16. The molecule has 0 spiro atoms. The summed E-state index contributed by atoms with van der Waals surface area (Å²) in [6.07, 6.45) is 4.61. The molecule has 6 heteroatoms. The Morgan fingerprint density at radius 3 is 2.50 bits per heavy atom. The number of carboxylic acids is 2. The molecule has 1 unspecified atom stereocenters. The molecule has 1 saturated heterocycles. The van der Waals surface area contributed by atoms with E-state index in [1.54, 1.807) is 12.7 Å². The third kappa shape index (κ3) is 4.45. The molecule has 24 heavy (non-hydrogen) atoms. The highest BCUT2D eigenvalue weighted by atomic mass is 16.5. The van der Waals surface area contributed by atoms with E-state index in [9.17, 15) is 9.59 Å². The van der Waals surface area contributed by atoms with Gasteiger partial charge < -0.3 is 19.8 Å². The van der Waals surface area contributed by atoms with E-state index in [-0.39, 0.29) is 0 Å². The van der Waals surface area contributed by atoms with Crippen LogP contribution in [0.25, 0.3) is 6.08 Å². The van der Waals surface area contributed by atoms with Crippen LogP contribution in [0.3, 0.4) is 0 Å². The molecular formula is C18H21NO5. The van der Waals surface area contributed by atoms with E-state index >= 15 is 0 Å². The number of carbonyl (C=O) groups is 2. The van der Waals surface area contributed by atoms with Gasteiger partial charge in [0.15, 0.2) is 0 Å². The van der Waals surface area contributed by atoms with Crippen LogP contribution in [-0.4, -0.2) is 54.3 Å². The number of likely N-dealkylation sites (N-methyl/N-ethyl adjacent to an activating group) is 1. The second-order valence-electron chi connectivity index (χ2n) is 5.85. The number of hydrogen-bond donors (Lipinski definition) is 2. The molecule has 3 rings (SSSR count). The van der Waals surface area contributed by atoms with Crippen LogP contribution in [0.1, 0.15) is 11.1 Å². The van der Waals surface area contributed by atoms with Crippen molar-refractivity contribution in [3.05, 3.63) is 47.1 Å². The summed E-state index contributed by atoms with van der Waals surface area (Å²) in [6.45, 7) is 2.31. The van der Waals surface area contributed by atoms with E-state index in [1.807, 2.05) is 0 Å². The molecule has 1 fully saturated rings. The molecule has 2 aliphatic rings. The summed E-state index contributed by atoms with van der Waals surface area (Å²) in [7, 11) is 3.96. The van der Waals surface area contributed by atoms with Gasteiger partial charge in [0.2, 0.25) is 0 Å². The highest BCUT2D eigenvalue weighted by Crippen LogP contribution is 2.37. The largest absolute Gasteiger partial charge is 0.496 e. The predicted molar refractivity (Wildman–Crippen MR) is 90.1 cm³/mol. The zero-order valence-electron chi connectivity index (χ0n) is 13.7. The number of carboxylic acid groups (broad SMARTS) is 2. The lowest BCUT2D eigenvalue weighted by molar-refractivity contribution is -0.134. The summed E-state index contributed by atoms with van der Waals surface area (Å²) >= 11 is 0. The Bertz CT molecular complexity index is 677. The maximum Gasteiger partial charge on any atom is 0.328 e. The number of hydrogen-bond acceptors (Lipinski definition) is 4. The Hall–Kier alpha value is -2.60. The van der Waals surface area contributed by atoms with Gasteiger partial charge in [0.05, 0.1) is 7.11 Å². The molecule has 1 aromatic carbocycles. The van der Waals surface area contributed by atoms with Crippen molar-refractivity contribution in [2.45, 2.75) is 6.42 Å². The fourth-order valence-electron chi connectivity index (χ4n) is 3.07. The zero-order chi connectivity index (χ0) is 17.7. The first-order valence-corrected chi connectivity index (χ1v) is 7.59. The van der Waals surface area contributed by atoms with Crippen LogP contribution in [0.4, 0.5) is 0 Å². The van der Waals surface area contributed by atoms with E-state index in [4.69, 9.17) is 14.9 Å². The average Bonchev–Trinajstić information content (AvgIpc) is 2.89. The average molecular weight is 331 g/mol. The minimum atomic E-state index is -1.26. The molecule has 6 nitrogen and oxygen atoms in total.